The molecule has 0 bridgehead atoms. The molecule has 0 radical (unpaired) electrons. The summed E-state index contributed by atoms with van der Waals surface area (Å²) in [6, 6.07) is 6.70. The Kier molecular flexibility index (Phi) is 3.29. The van der Waals surface area contributed by atoms with Crippen molar-refractivity contribution in [3.05, 3.63) is 29.3 Å². The summed E-state index contributed by atoms with van der Waals surface area (Å²) in [5.41, 5.74) is 0.918. The Balaban J connectivity index is 3.07. The summed E-state index contributed by atoms with van der Waals surface area (Å²) in [5, 5.41) is 17.5. The highest BCUT2D eigenvalue weighted by atomic mass is 16.5. The van der Waals surface area contributed by atoms with E-state index in [0.29, 0.717) is 0 Å². The number of carboxylic acid groups (broad SMARTS) is 1. The predicted molar refractivity (Wildman–Crippen MR) is 53.8 cm³/mol. The van der Waals surface area contributed by atoms with Crippen LogP contribution in [0.15, 0.2) is 18.2 Å². The molecule has 1 aromatic carbocycles. The zero-order chi connectivity index (χ0) is 11.4. The van der Waals surface area contributed by atoms with Crippen molar-refractivity contribution in [3.63, 3.8) is 0 Å². The molecule has 78 valence electrons. The summed E-state index contributed by atoms with van der Waals surface area (Å²) >= 11 is 0. The number of nitrogens with zero attached hydrogens (tertiary/aromatic N) is 1. The lowest BCUT2D eigenvalue weighted by molar-refractivity contribution is 0.0691. The van der Waals surface area contributed by atoms with Crippen molar-refractivity contribution in [1.82, 2.24) is 0 Å². The first-order valence-corrected chi connectivity index (χ1v) is 4.45. The average molecular weight is 205 g/mol. The number of benzene rings is 1. The Labute approximate surface area is 87.7 Å². The van der Waals surface area contributed by atoms with Crippen molar-refractivity contribution in [2.24, 2.45) is 0 Å². The number of carboxylic acids is 1. The van der Waals surface area contributed by atoms with Gasteiger partial charge in [-0.1, -0.05) is 11.6 Å². The molecule has 0 saturated carbocycles. The van der Waals surface area contributed by atoms with Crippen molar-refractivity contribution in [2.75, 3.05) is 0 Å². The maximum absolute atomic E-state index is 10.9. The molecule has 15 heavy (non-hydrogen) atoms. The first kappa shape index (κ1) is 11.1. The molecule has 0 amide bonds. The number of hydrogen-bond acceptors (Lipinski definition) is 3. The second-order valence-electron chi connectivity index (χ2n) is 3.19. The van der Waals surface area contributed by atoms with Gasteiger partial charge in [0.1, 0.15) is 17.4 Å². The van der Waals surface area contributed by atoms with Crippen LogP contribution in [0.2, 0.25) is 0 Å². The molecule has 1 N–H and O–H groups in total. The summed E-state index contributed by atoms with van der Waals surface area (Å²) in [5.74, 6) is -0.832. The van der Waals surface area contributed by atoms with Gasteiger partial charge in [-0.05, 0) is 26.0 Å². The zero-order valence-corrected chi connectivity index (χ0v) is 8.52. The van der Waals surface area contributed by atoms with Gasteiger partial charge >= 0.3 is 5.97 Å². The van der Waals surface area contributed by atoms with Crippen LogP contribution < -0.4 is 4.74 Å². The first-order chi connectivity index (χ1) is 7.04. The number of nitriles is 1. The molecule has 0 aromatic heterocycles. The van der Waals surface area contributed by atoms with Gasteiger partial charge in [-0.2, -0.15) is 5.26 Å². The first-order valence-electron chi connectivity index (χ1n) is 4.45. The van der Waals surface area contributed by atoms with E-state index in [1.807, 2.05) is 6.07 Å². The molecule has 1 atom stereocenters. The van der Waals surface area contributed by atoms with Crippen LogP contribution in [-0.2, 0) is 0 Å². The Morgan fingerprint density at radius 2 is 2.27 bits per heavy atom. The maximum Gasteiger partial charge on any atom is 0.339 e. The van der Waals surface area contributed by atoms with E-state index in [4.69, 9.17) is 15.1 Å². The van der Waals surface area contributed by atoms with E-state index in [9.17, 15) is 4.79 Å². The van der Waals surface area contributed by atoms with E-state index in [0.717, 1.165) is 5.56 Å². The van der Waals surface area contributed by atoms with Crippen LogP contribution in [0.25, 0.3) is 0 Å². The van der Waals surface area contributed by atoms with Crippen LogP contribution in [0.3, 0.4) is 0 Å². The van der Waals surface area contributed by atoms with Crippen LogP contribution >= 0.6 is 0 Å². The van der Waals surface area contributed by atoms with E-state index in [1.165, 1.54) is 6.07 Å². The van der Waals surface area contributed by atoms with Gasteiger partial charge in [0.2, 0.25) is 0 Å². The number of ether oxygens (including phenoxy) is 1. The largest absolute Gasteiger partial charge is 0.478 e. The molecule has 0 aliphatic heterocycles. The molecular formula is C11H11NO3. The van der Waals surface area contributed by atoms with E-state index in [2.05, 4.69) is 0 Å². The molecule has 0 spiro atoms. The predicted octanol–water partition coefficient (Wildman–Crippen LogP) is 1.98. The zero-order valence-electron chi connectivity index (χ0n) is 8.52. The van der Waals surface area contributed by atoms with Crippen LogP contribution in [0.4, 0.5) is 0 Å². The SMILES string of the molecule is Cc1ccc(OC(C)C#N)c(C(=O)O)c1. The summed E-state index contributed by atoms with van der Waals surface area (Å²) in [7, 11) is 0. The molecule has 0 aliphatic carbocycles. The van der Waals surface area contributed by atoms with Gasteiger partial charge in [-0.3, -0.25) is 0 Å². The molecule has 0 saturated heterocycles. The quantitative estimate of drug-likeness (QED) is 0.819. The molecule has 4 nitrogen and oxygen atoms in total. The van der Waals surface area contributed by atoms with E-state index >= 15 is 0 Å². The monoisotopic (exact) mass is 205 g/mol. The van der Waals surface area contributed by atoms with Gasteiger partial charge in [0, 0.05) is 0 Å². The Bertz CT molecular complexity index is 420. The molecule has 4 heteroatoms. The summed E-state index contributed by atoms with van der Waals surface area (Å²) in [4.78, 5) is 10.9. The smallest absolute Gasteiger partial charge is 0.339 e. The Morgan fingerprint density at radius 3 is 2.80 bits per heavy atom. The minimum atomic E-state index is -1.06. The van der Waals surface area contributed by atoms with Gasteiger partial charge in [-0.15, -0.1) is 0 Å². The lowest BCUT2D eigenvalue weighted by Gasteiger charge is -2.10. The normalized spacial score (nSPS) is 11.5. The summed E-state index contributed by atoms with van der Waals surface area (Å²) in [6.07, 6.45) is -0.661. The lowest BCUT2D eigenvalue weighted by Crippen LogP contribution is -2.11. The fourth-order valence-electron chi connectivity index (χ4n) is 1.13. The molecule has 1 unspecified atom stereocenters. The van der Waals surface area contributed by atoms with Crippen LogP contribution in [0.5, 0.6) is 5.75 Å². The molecule has 1 rings (SSSR count). The fraction of sp³-hybridized carbons (Fsp3) is 0.273. The maximum atomic E-state index is 10.9. The van der Waals surface area contributed by atoms with Crippen LogP contribution in [0, 0.1) is 18.3 Å². The number of aryl methyl sites for hydroxylation is 1. The number of aromatic carboxylic acids is 1. The van der Waals surface area contributed by atoms with Crippen molar-refractivity contribution < 1.29 is 14.6 Å². The number of hydrogen-bond donors (Lipinski definition) is 1. The van der Waals surface area contributed by atoms with Gasteiger partial charge < -0.3 is 9.84 Å². The standard InChI is InChI=1S/C11H11NO3/c1-7-3-4-10(15-8(2)6-12)9(5-7)11(13)14/h3-5,8H,1-2H3,(H,13,14). The number of carbonyl (C=O) groups is 1. The Morgan fingerprint density at radius 1 is 1.60 bits per heavy atom. The lowest BCUT2D eigenvalue weighted by atomic mass is 10.1. The highest BCUT2D eigenvalue weighted by Crippen LogP contribution is 2.21. The van der Waals surface area contributed by atoms with Gasteiger partial charge in [0.15, 0.2) is 6.10 Å². The van der Waals surface area contributed by atoms with Gasteiger partial charge in [0.05, 0.1) is 0 Å². The molecule has 0 fully saturated rings. The minimum Gasteiger partial charge on any atom is -0.478 e. The van der Waals surface area contributed by atoms with Crippen molar-refractivity contribution in [1.29, 1.82) is 5.26 Å². The topological polar surface area (TPSA) is 70.3 Å². The van der Waals surface area contributed by atoms with E-state index in [1.54, 1.807) is 26.0 Å². The Hall–Kier alpha value is -2.02. The average Bonchev–Trinajstić information content (AvgIpc) is 2.20. The van der Waals surface area contributed by atoms with E-state index < -0.39 is 12.1 Å². The molecule has 0 heterocycles. The third-order valence-corrected chi connectivity index (χ3v) is 1.85. The molecular weight excluding hydrogens is 194 g/mol. The highest BCUT2D eigenvalue weighted by Gasteiger charge is 2.13. The fourth-order valence-corrected chi connectivity index (χ4v) is 1.13. The van der Waals surface area contributed by atoms with Gasteiger partial charge in [-0.25, -0.2) is 4.79 Å². The van der Waals surface area contributed by atoms with Crippen molar-refractivity contribution >= 4 is 5.97 Å². The third-order valence-electron chi connectivity index (χ3n) is 1.85. The molecule has 1 aromatic rings. The highest BCUT2D eigenvalue weighted by molar-refractivity contribution is 5.91. The van der Waals surface area contributed by atoms with Crippen LogP contribution in [0.1, 0.15) is 22.8 Å². The third kappa shape index (κ3) is 2.71. The molecule has 0 aliphatic rings. The summed E-state index contributed by atoms with van der Waals surface area (Å²) < 4.78 is 5.17. The van der Waals surface area contributed by atoms with Gasteiger partial charge in [0.25, 0.3) is 0 Å². The number of rotatable bonds is 3. The summed E-state index contributed by atoms with van der Waals surface area (Å²) in [6.45, 7) is 3.36. The second kappa shape index (κ2) is 4.47. The van der Waals surface area contributed by atoms with E-state index in [-0.39, 0.29) is 11.3 Å². The minimum absolute atomic E-state index is 0.0806. The van der Waals surface area contributed by atoms with Crippen molar-refractivity contribution in [3.8, 4) is 11.8 Å². The van der Waals surface area contributed by atoms with Crippen molar-refractivity contribution in [2.45, 2.75) is 20.0 Å². The van der Waals surface area contributed by atoms with Crippen LogP contribution in [-0.4, -0.2) is 17.2 Å². The second-order valence-corrected chi connectivity index (χ2v) is 3.19.